The summed E-state index contributed by atoms with van der Waals surface area (Å²) in [5, 5.41) is 0. The van der Waals surface area contributed by atoms with E-state index in [-0.39, 0.29) is 11.7 Å². The number of benzene rings is 1. The molecule has 0 fully saturated rings. The third-order valence-corrected chi connectivity index (χ3v) is 4.30. The highest BCUT2D eigenvalue weighted by Gasteiger charge is 2.23. The molecule has 0 spiro atoms. The molecule has 2 heteroatoms. The second-order valence-electron chi connectivity index (χ2n) is 5.89. The molecule has 0 N–H and O–H groups in total. The first-order valence-electron chi connectivity index (χ1n) is 7.88. The van der Waals surface area contributed by atoms with Gasteiger partial charge < -0.3 is 0 Å². The maximum absolute atomic E-state index is 11.9. The van der Waals surface area contributed by atoms with Crippen molar-refractivity contribution >= 4 is 12.0 Å². The molecule has 1 heterocycles. The van der Waals surface area contributed by atoms with E-state index in [1.165, 1.54) is 11.1 Å². The number of carbonyl (C=O) groups is 1. The topological polar surface area (TPSA) is 29.4 Å². The average Bonchev–Trinajstić information content (AvgIpc) is 2.90. The van der Waals surface area contributed by atoms with Crippen LogP contribution in [0.3, 0.4) is 0 Å². The summed E-state index contributed by atoms with van der Waals surface area (Å²) in [6.45, 7) is 5.99. The molecule has 114 valence electrons. The Hall–Kier alpha value is -2.66. The van der Waals surface area contributed by atoms with Crippen LogP contribution in [0.25, 0.3) is 0 Å². The number of Topliss-reactive ketones (excluding diaryl/α,β-unsaturated/α-hetero) is 1. The van der Waals surface area contributed by atoms with E-state index in [1.807, 2.05) is 44.5 Å². The minimum absolute atomic E-state index is 0.152. The number of rotatable bonds is 2. The normalized spacial score (nSPS) is 18.4. The van der Waals surface area contributed by atoms with Crippen molar-refractivity contribution < 1.29 is 4.79 Å². The number of aryl methyl sites for hydroxylation is 1. The van der Waals surface area contributed by atoms with Crippen LogP contribution in [0.5, 0.6) is 0 Å². The van der Waals surface area contributed by atoms with Crippen molar-refractivity contribution in [2.24, 2.45) is 10.9 Å². The number of fused-ring (bicyclic) bond motifs is 1. The van der Waals surface area contributed by atoms with Crippen molar-refractivity contribution in [3.8, 4) is 11.8 Å². The minimum atomic E-state index is 0.152. The molecule has 1 unspecified atom stereocenters. The van der Waals surface area contributed by atoms with Gasteiger partial charge in [0.15, 0.2) is 5.78 Å². The quantitative estimate of drug-likeness (QED) is 0.587. The molecule has 0 aromatic heterocycles. The van der Waals surface area contributed by atoms with Gasteiger partial charge in [-0.1, -0.05) is 37.0 Å². The maximum atomic E-state index is 11.9. The van der Waals surface area contributed by atoms with Crippen LogP contribution >= 0.6 is 0 Å². The van der Waals surface area contributed by atoms with Crippen LogP contribution in [0.15, 0.2) is 58.3 Å². The van der Waals surface area contributed by atoms with E-state index in [2.05, 4.69) is 35.9 Å². The van der Waals surface area contributed by atoms with Crippen LogP contribution in [-0.4, -0.2) is 12.0 Å². The number of hydrogen-bond donors (Lipinski definition) is 0. The summed E-state index contributed by atoms with van der Waals surface area (Å²) >= 11 is 0. The SMILES string of the molecule is CCC(=O)c1ccc(C)c(C#CC2=CC(C)=C3C=NC=CC23)c1. The molecule has 2 nitrogen and oxygen atoms in total. The number of allylic oxidation sites excluding steroid dienone is 5. The van der Waals surface area contributed by atoms with Gasteiger partial charge in [0.25, 0.3) is 0 Å². The van der Waals surface area contributed by atoms with Crippen LogP contribution in [0.2, 0.25) is 0 Å². The molecule has 0 saturated heterocycles. The fourth-order valence-electron chi connectivity index (χ4n) is 2.86. The van der Waals surface area contributed by atoms with Gasteiger partial charge in [-0.25, -0.2) is 0 Å². The lowest BCUT2D eigenvalue weighted by atomic mass is 9.94. The van der Waals surface area contributed by atoms with E-state index in [4.69, 9.17) is 0 Å². The lowest BCUT2D eigenvalue weighted by Gasteiger charge is -2.11. The fraction of sp³-hybridized carbons (Fsp3) is 0.238. The first-order chi connectivity index (χ1) is 11.1. The molecular formula is C21H19NO. The van der Waals surface area contributed by atoms with E-state index in [0.717, 1.165) is 22.3 Å². The summed E-state index contributed by atoms with van der Waals surface area (Å²) in [7, 11) is 0. The zero-order chi connectivity index (χ0) is 16.4. The van der Waals surface area contributed by atoms with Crippen molar-refractivity contribution in [3.05, 3.63) is 70.0 Å². The van der Waals surface area contributed by atoms with Gasteiger partial charge in [0.1, 0.15) is 0 Å². The molecule has 1 aromatic carbocycles. The number of hydrogen-bond acceptors (Lipinski definition) is 2. The maximum Gasteiger partial charge on any atom is 0.162 e. The average molecular weight is 301 g/mol. The Morgan fingerprint density at radius 2 is 2.09 bits per heavy atom. The molecule has 1 atom stereocenters. The number of carbonyl (C=O) groups excluding carboxylic acids is 1. The van der Waals surface area contributed by atoms with Gasteiger partial charge in [-0.2, -0.15) is 0 Å². The van der Waals surface area contributed by atoms with Crippen LogP contribution in [0, 0.1) is 24.7 Å². The minimum Gasteiger partial charge on any atom is -0.294 e. The van der Waals surface area contributed by atoms with Crippen molar-refractivity contribution in [1.29, 1.82) is 0 Å². The summed E-state index contributed by atoms with van der Waals surface area (Å²) in [6.07, 6.45) is 8.46. The third kappa shape index (κ3) is 2.96. The van der Waals surface area contributed by atoms with Gasteiger partial charge in [0.2, 0.25) is 0 Å². The Balaban J connectivity index is 1.91. The summed E-state index contributed by atoms with van der Waals surface area (Å²) in [5.41, 5.74) is 6.29. The standard InChI is InChI=1S/C21H19NO/c1-4-21(23)18-6-5-14(2)16(12-18)7-8-17-11-15(3)20-13-22-10-9-19(17)20/h5-6,9-13,19H,4H2,1-3H3. The molecule has 1 aliphatic heterocycles. The van der Waals surface area contributed by atoms with Gasteiger partial charge in [0, 0.05) is 41.5 Å². The lowest BCUT2D eigenvalue weighted by molar-refractivity contribution is 0.0988. The van der Waals surface area contributed by atoms with Gasteiger partial charge in [-0.3, -0.25) is 9.79 Å². The highest BCUT2D eigenvalue weighted by Crippen LogP contribution is 2.33. The molecule has 0 radical (unpaired) electrons. The number of nitrogens with zero attached hydrogens (tertiary/aromatic N) is 1. The van der Waals surface area contributed by atoms with Gasteiger partial charge in [-0.15, -0.1) is 0 Å². The first kappa shape index (κ1) is 15.2. The Labute approximate surface area is 137 Å². The van der Waals surface area contributed by atoms with E-state index >= 15 is 0 Å². The van der Waals surface area contributed by atoms with Crippen LogP contribution in [0.1, 0.15) is 41.8 Å². The van der Waals surface area contributed by atoms with Gasteiger partial charge in [0.05, 0.1) is 0 Å². The Morgan fingerprint density at radius 3 is 2.87 bits per heavy atom. The van der Waals surface area contributed by atoms with Gasteiger partial charge >= 0.3 is 0 Å². The van der Waals surface area contributed by atoms with Crippen molar-refractivity contribution in [3.63, 3.8) is 0 Å². The largest absolute Gasteiger partial charge is 0.294 e. The second-order valence-corrected chi connectivity index (χ2v) is 5.89. The fourth-order valence-corrected chi connectivity index (χ4v) is 2.86. The van der Waals surface area contributed by atoms with E-state index in [1.54, 1.807) is 0 Å². The number of aliphatic imine (C=N–C) groups is 1. The third-order valence-electron chi connectivity index (χ3n) is 4.30. The van der Waals surface area contributed by atoms with Crippen molar-refractivity contribution in [2.45, 2.75) is 27.2 Å². The Kier molecular flexibility index (Phi) is 4.12. The van der Waals surface area contributed by atoms with Crippen molar-refractivity contribution in [2.75, 3.05) is 0 Å². The zero-order valence-corrected chi connectivity index (χ0v) is 13.7. The molecule has 0 bridgehead atoms. The predicted octanol–water partition coefficient (Wildman–Crippen LogP) is 4.41. The predicted molar refractivity (Wildman–Crippen MR) is 94.6 cm³/mol. The lowest BCUT2D eigenvalue weighted by Crippen LogP contribution is -2.04. The summed E-state index contributed by atoms with van der Waals surface area (Å²) < 4.78 is 0. The Bertz CT molecular complexity index is 854. The molecular weight excluding hydrogens is 282 g/mol. The van der Waals surface area contributed by atoms with Crippen LogP contribution in [0.4, 0.5) is 0 Å². The molecule has 1 aromatic rings. The summed E-state index contributed by atoms with van der Waals surface area (Å²) in [5.74, 6) is 6.93. The highest BCUT2D eigenvalue weighted by molar-refractivity contribution is 5.96. The molecule has 2 aliphatic rings. The zero-order valence-electron chi connectivity index (χ0n) is 13.7. The molecule has 0 amide bonds. The summed E-state index contributed by atoms with van der Waals surface area (Å²) in [6, 6.07) is 5.76. The molecule has 23 heavy (non-hydrogen) atoms. The highest BCUT2D eigenvalue weighted by atomic mass is 16.1. The molecule has 1 aliphatic carbocycles. The first-order valence-corrected chi connectivity index (χ1v) is 7.88. The summed E-state index contributed by atoms with van der Waals surface area (Å²) in [4.78, 5) is 16.1. The van der Waals surface area contributed by atoms with Crippen LogP contribution < -0.4 is 0 Å². The van der Waals surface area contributed by atoms with E-state index in [0.29, 0.717) is 6.42 Å². The molecule has 0 saturated carbocycles. The van der Waals surface area contributed by atoms with Crippen molar-refractivity contribution in [1.82, 2.24) is 0 Å². The number of ketones is 1. The smallest absolute Gasteiger partial charge is 0.162 e. The van der Waals surface area contributed by atoms with Gasteiger partial charge in [-0.05, 0) is 42.7 Å². The van der Waals surface area contributed by atoms with E-state index < -0.39 is 0 Å². The second kappa shape index (κ2) is 6.22. The Morgan fingerprint density at radius 1 is 1.26 bits per heavy atom. The van der Waals surface area contributed by atoms with E-state index in [9.17, 15) is 4.79 Å². The monoisotopic (exact) mass is 301 g/mol. The molecule has 3 rings (SSSR count). The van der Waals surface area contributed by atoms with Crippen LogP contribution in [-0.2, 0) is 0 Å².